The van der Waals surface area contributed by atoms with Crippen LogP contribution in [0.1, 0.15) is 38.1 Å². The van der Waals surface area contributed by atoms with Crippen LogP contribution in [0.25, 0.3) is 22.1 Å². The summed E-state index contributed by atoms with van der Waals surface area (Å²) in [6.45, 7) is 5.29. The fraction of sp³-hybridized carbons (Fsp3) is 0.261. The van der Waals surface area contributed by atoms with Crippen molar-refractivity contribution in [2.45, 2.75) is 39.8 Å². The lowest BCUT2D eigenvalue weighted by Crippen LogP contribution is -2.25. The minimum atomic E-state index is -0.831. The summed E-state index contributed by atoms with van der Waals surface area (Å²) >= 11 is 0. The molecule has 9 heteroatoms. The van der Waals surface area contributed by atoms with Crippen LogP contribution in [0.2, 0.25) is 0 Å². The molecular weight excluding hydrogens is 418 g/mol. The Morgan fingerprint density at radius 2 is 1.75 bits per heavy atom. The first kappa shape index (κ1) is 21.6. The van der Waals surface area contributed by atoms with E-state index in [9.17, 15) is 19.1 Å². The number of aromatic nitrogens is 4. The maximum absolute atomic E-state index is 15.2. The van der Waals surface area contributed by atoms with Crippen LogP contribution in [-0.4, -0.2) is 24.0 Å². The van der Waals surface area contributed by atoms with Gasteiger partial charge < -0.3 is 5.11 Å². The number of rotatable bonds is 5. The van der Waals surface area contributed by atoms with Crippen LogP contribution >= 0.6 is 0 Å². The highest BCUT2D eigenvalue weighted by Crippen LogP contribution is 2.28. The van der Waals surface area contributed by atoms with E-state index in [0.717, 1.165) is 10.7 Å². The molecule has 7 nitrogen and oxygen atoms in total. The number of nitrogens with zero attached hydrogens (tertiary/aromatic N) is 4. The maximum Gasteiger partial charge on any atom is 0.350 e. The van der Waals surface area contributed by atoms with E-state index in [1.54, 1.807) is 19.2 Å². The van der Waals surface area contributed by atoms with Gasteiger partial charge >= 0.3 is 5.69 Å². The molecule has 0 bridgehead atoms. The summed E-state index contributed by atoms with van der Waals surface area (Å²) in [7, 11) is 0. The highest BCUT2D eigenvalue weighted by atomic mass is 19.1. The molecule has 0 saturated carbocycles. The molecule has 2 heterocycles. The average Bonchev–Trinajstić information content (AvgIpc) is 3.09. The molecule has 0 aliphatic rings. The number of hydrogen-bond acceptors (Lipinski definition) is 4. The van der Waals surface area contributed by atoms with Gasteiger partial charge in [0.05, 0.1) is 11.1 Å². The number of fused-ring (bicyclic) bond motifs is 1. The van der Waals surface area contributed by atoms with Crippen molar-refractivity contribution in [3.05, 3.63) is 86.5 Å². The van der Waals surface area contributed by atoms with Crippen molar-refractivity contribution in [3.63, 3.8) is 0 Å². The van der Waals surface area contributed by atoms with Gasteiger partial charge in [-0.15, -0.1) is 5.10 Å². The fourth-order valence-electron chi connectivity index (χ4n) is 3.85. The van der Waals surface area contributed by atoms with E-state index in [-0.39, 0.29) is 35.0 Å². The standard InChI is InChI=1S/C23H22F2N4O3/c1-4-27-21(12-30)26-29(23(27)32)20-10-14-15(9-18(20)25)22(31)28(11-16(14)13(2)3)19-8-6-5-7-17(19)24/h5-11,13,30H,4,12H2,1-3H3. The highest BCUT2D eigenvalue weighted by molar-refractivity contribution is 5.87. The fourth-order valence-corrected chi connectivity index (χ4v) is 3.85. The second kappa shape index (κ2) is 8.16. The van der Waals surface area contributed by atoms with E-state index in [2.05, 4.69) is 5.10 Å². The topological polar surface area (TPSA) is 82.0 Å². The second-order valence-electron chi connectivity index (χ2n) is 7.73. The summed E-state index contributed by atoms with van der Waals surface area (Å²) in [6.07, 6.45) is 1.54. The van der Waals surface area contributed by atoms with E-state index >= 15 is 4.39 Å². The van der Waals surface area contributed by atoms with Crippen LogP contribution in [-0.2, 0) is 13.2 Å². The van der Waals surface area contributed by atoms with E-state index in [1.807, 2.05) is 13.8 Å². The van der Waals surface area contributed by atoms with Gasteiger partial charge in [-0.1, -0.05) is 26.0 Å². The van der Waals surface area contributed by atoms with Gasteiger partial charge in [0, 0.05) is 12.7 Å². The van der Waals surface area contributed by atoms with Crippen molar-refractivity contribution in [1.82, 2.24) is 18.9 Å². The molecule has 32 heavy (non-hydrogen) atoms. The molecule has 0 spiro atoms. The highest BCUT2D eigenvalue weighted by Gasteiger charge is 2.20. The zero-order chi connectivity index (χ0) is 23.2. The molecule has 0 aliphatic heterocycles. The van der Waals surface area contributed by atoms with Crippen molar-refractivity contribution in [2.75, 3.05) is 0 Å². The quantitative estimate of drug-likeness (QED) is 0.517. The zero-order valence-electron chi connectivity index (χ0n) is 17.8. The molecule has 2 aromatic heterocycles. The van der Waals surface area contributed by atoms with Gasteiger partial charge in [0.1, 0.15) is 23.9 Å². The summed E-state index contributed by atoms with van der Waals surface area (Å²) in [5, 5.41) is 14.0. The molecule has 1 N–H and O–H groups in total. The van der Waals surface area contributed by atoms with Crippen molar-refractivity contribution < 1.29 is 13.9 Å². The summed E-state index contributed by atoms with van der Waals surface area (Å²) in [5.41, 5.74) is -0.567. The molecule has 0 aliphatic carbocycles. The average molecular weight is 440 g/mol. The van der Waals surface area contributed by atoms with E-state index in [0.29, 0.717) is 10.9 Å². The Hall–Kier alpha value is -3.59. The Balaban J connectivity index is 2.06. The predicted octanol–water partition coefficient (Wildman–Crippen LogP) is 3.25. The Morgan fingerprint density at radius 1 is 1.03 bits per heavy atom. The molecule has 0 amide bonds. The lowest BCUT2D eigenvalue weighted by molar-refractivity contribution is 0.264. The summed E-state index contributed by atoms with van der Waals surface area (Å²) < 4.78 is 32.9. The first-order valence-corrected chi connectivity index (χ1v) is 10.2. The number of benzene rings is 2. The molecule has 2 aromatic carbocycles. The maximum atomic E-state index is 15.2. The van der Waals surface area contributed by atoms with Gasteiger partial charge in [0.2, 0.25) is 0 Å². The lowest BCUT2D eigenvalue weighted by Gasteiger charge is -2.16. The van der Waals surface area contributed by atoms with Gasteiger partial charge in [-0.05, 0) is 48.1 Å². The van der Waals surface area contributed by atoms with Crippen molar-refractivity contribution in [2.24, 2.45) is 0 Å². The summed E-state index contributed by atoms with van der Waals surface area (Å²) in [5.74, 6) is -1.39. The van der Waals surface area contributed by atoms with Crippen LogP contribution in [0, 0.1) is 11.6 Å². The molecule has 4 aromatic rings. The summed E-state index contributed by atoms with van der Waals surface area (Å²) in [6, 6.07) is 8.32. The van der Waals surface area contributed by atoms with Gasteiger partial charge in [0.25, 0.3) is 5.56 Å². The lowest BCUT2D eigenvalue weighted by atomic mass is 9.97. The third kappa shape index (κ3) is 3.34. The normalized spacial score (nSPS) is 11.6. The summed E-state index contributed by atoms with van der Waals surface area (Å²) in [4.78, 5) is 25.9. The third-order valence-corrected chi connectivity index (χ3v) is 5.47. The molecule has 0 unspecified atom stereocenters. The van der Waals surface area contributed by atoms with Crippen molar-refractivity contribution in [3.8, 4) is 11.4 Å². The number of pyridine rings is 1. The molecule has 0 radical (unpaired) electrons. The number of aliphatic hydroxyl groups excluding tert-OH is 1. The number of halogens is 2. The molecule has 0 saturated heterocycles. The Morgan fingerprint density at radius 3 is 2.34 bits per heavy atom. The van der Waals surface area contributed by atoms with E-state index < -0.39 is 29.5 Å². The SMILES string of the molecule is CCn1c(CO)nn(-c2cc3c(C(C)C)cn(-c4ccccc4F)c(=O)c3cc2F)c1=O. The predicted molar refractivity (Wildman–Crippen MR) is 117 cm³/mol. The van der Waals surface area contributed by atoms with Crippen LogP contribution in [0.4, 0.5) is 8.78 Å². The number of hydrogen-bond donors (Lipinski definition) is 1. The number of para-hydroxylation sites is 1. The minimum absolute atomic E-state index is 0.0612. The van der Waals surface area contributed by atoms with Gasteiger partial charge in [-0.25, -0.2) is 13.6 Å². The molecule has 0 atom stereocenters. The van der Waals surface area contributed by atoms with Gasteiger partial charge in [-0.3, -0.25) is 13.9 Å². The Labute approximate surface area is 181 Å². The van der Waals surface area contributed by atoms with E-state index in [4.69, 9.17) is 0 Å². The molecule has 0 fully saturated rings. The Kier molecular flexibility index (Phi) is 5.52. The largest absolute Gasteiger partial charge is 0.388 e. The third-order valence-electron chi connectivity index (χ3n) is 5.47. The number of aliphatic hydroxyl groups is 1. The van der Waals surface area contributed by atoms with Crippen LogP contribution in [0.5, 0.6) is 0 Å². The van der Waals surface area contributed by atoms with Gasteiger partial charge in [-0.2, -0.15) is 4.68 Å². The Bertz CT molecular complexity index is 1450. The molecular formula is C23H22F2N4O3. The first-order chi connectivity index (χ1) is 15.3. The van der Waals surface area contributed by atoms with Crippen LogP contribution in [0.15, 0.2) is 52.2 Å². The van der Waals surface area contributed by atoms with Crippen molar-refractivity contribution in [1.29, 1.82) is 0 Å². The monoisotopic (exact) mass is 440 g/mol. The van der Waals surface area contributed by atoms with Crippen LogP contribution < -0.4 is 11.2 Å². The van der Waals surface area contributed by atoms with Gasteiger partial charge in [0.15, 0.2) is 5.82 Å². The van der Waals surface area contributed by atoms with Crippen LogP contribution in [0.3, 0.4) is 0 Å². The second-order valence-corrected chi connectivity index (χ2v) is 7.73. The molecule has 4 rings (SSSR count). The zero-order valence-corrected chi connectivity index (χ0v) is 17.8. The minimum Gasteiger partial charge on any atom is -0.388 e. The first-order valence-electron chi connectivity index (χ1n) is 10.2. The van der Waals surface area contributed by atoms with E-state index in [1.165, 1.54) is 33.4 Å². The molecule has 166 valence electrons. The smallest absolute Gasteiger partial charge is 0.350 e. The van der Waals surface area contributed by atoms with Crippen molar-refractivity contribution >= 4 is 10.8 Å².